The quantitative estimate of drug-likeness (QED) is 0.395. The number of carbonyl (C=O) groups is 1. The van der Waals surface area contributed by atoms with E-state index >= 15 is 0 Å². The Kier molecular flexibility index (Phi) is 6.99. The van der Waals surface area contributed by atoms with Gasteiger partial charge in [0, 0.05) is 28.6 Å². The minimum Gasteiger partial charge on any atom is -0.480 e. The maximum absolute atomic E-state index is 11.2. The molecule has 4 nitrogen and oxygen atoms in total. The highest BCUT2D eigenvalue weighted by Crippen LogP contribution is 2.35. The summed E-state index contributed by atoms with van der Waals surface area (Å²) in [5, 5.41) is 10.8. The molecule has 0 spiro atoms. The van der Waals surface area contributed by atoms with Gasteiger partial charge in [-0.1, -0.05) is 78.9 Å². The van der Waals surface area contributed by atoms with Crippen molar-refractivity contribution >= 4 is 57.3 Å². The van der Waals surface area contributed by atoms with Gasteiger partial charge in [-0.15, -0.1) is 0 Å². The molecular weight excluding hydrogens is 463 g/mol. The van der Waals surface area contributed by atoms with Gasteiger partial charge in [0.25, 0.3) is 0 Å². The molecule has 0 bridgehead atoms. The van der Waals surface area contributed by atoms with Crippen LogP contribution in [0.25, 0.3) is 22.2 Å². The van der Waals surface area contributed by atoms with E-state index in [1.54, 1.807) is 19.2 Å². The second-order valence-electron chi connectivity index (χ2n) is 8.35. The van der Waals surface area contributed by atoms with Gasteiger partial charge in [0.1, 0.15) is 11.5 Å². The lowest BCUT2D eigenvalue weighted by molar-refractivity contribution is -0.137. The van der Waals surface area contributed by atoms with Crippen LogP contribution in [-0.4, -0.2) is 39.5 Å². The van der Waals surface area contributed by atoms with E-state index in [1.807, 2.05) is 6.07 Å². The van der Waals surface area contributed by atoms with Gasteiger partial charge in [-0.05, 0) is 42.5 Å². The van der Waals surface area contributed by atoms with Crippen molar-refractivity contribution in [2.24, 2.45) is 0 Å². The monoisotopic (exact) mass is 486 g/mol. The lowest BCUT2D eigenvalue weighted by atomic mass is 9.84. The highest BCUT2D eigenvalue weighted by molar-refractivity contribution is 7.80. The zero-order valence-electron chi connectivity index (χ0n) is 17.8. The van der Waals surface area contributed by atoms with E-state index in [9.17, 15) is 9.90 Å². The minimum absolute atomic E-state index is 0.206. The number of carboxylic acids is 1. The first kappa shape index (κ1) is 23.0. The van der Waals surface area contributed by atoms with Gasteiger partial charge in [-0.2, -0.15) is 0 Å². The third-order valence-corrected chi connectivity index (χ3v) is 7.10. The highest BCUT2D eigenvalue weighted by Gasteiger charge is 2.19. The van der Waals surface area contributed by atoms with Crippen molar-refractivity contribution in [1.82, 2.24) is 9.88 Å². The Morgan fingerprint density at radius 2 is 1.81 bits per heavy atom. The standard InChI is InChI=1S/C25H24Cl2N2O2S/c1-29(14-23(30)31)25(32)20-13-22(28-24-19(20)11-18(26)12-21(24)27)17-9-7-16(8-10-17)15-5-3-2-4-6-15/h7-13,15H,2-6,14H2,1H3,(H,30,31). The zero-order chi connectivity index (χ0) is 22.8. The molecule has 7 heteroatoms. The number of benzene rings is 2. The molecule has 1 aliphatic carbocycles. The highest BCUT2D eigenvalue weighted by atomic mass is 35.5. The molecule has 0 saturated heterocycles. The van der Waals surface area contributed by atoms with E-state index < -0.39 is 5.97 Å². The second-order valence-corrected chi connectivity index (χ2v) is 9.58. The molecule has 3 aromatic rings. The van der Waals surface area contributed by atoms with Crippen molar-refractivity contribution in [3.8, 4) is 11.3 Å². The van der Waals surface area contributed by atoms with Gasteiger partial charge in [0.2, 0.25) is 0 Å². The summed E-state index contributed by atoms with van der Waals surface area (Å²) in [4.78, 5) is 17.9. The number of thiocarbonyl (C=S) groups is 1. The molecule has 32 heavy (non-hydrogen) atoms. The molecule has 1 N–H and O–H groups in total. The van der Waals surface area contributed by atoms with Gasteiger partial charge in [0.05, 0.1) is 16.2 Å². The largest absolute Gasteiger partial charge is 0.480 e. The van der Waals surface area contributed by atoms with Gasteiger partial charge in [0.15, 0.2) is 0 Å². The summed E-state index contributed by atoms with van der Waals surface area (Å²) in [6.07, 6.45) is 6.42. The number of aliphatic carboxylic acids is 1. The van der Waals surface area contributed by atoms with Crippen LogP contribution in [-0.2, 0) is 4.79 Å². The number of aromatic nitrogens is 1. The molecule has 0 amide bonds. The summed E-state index contributed by atoms with van der Waals surface area (Å²) in [5.41, 5.74) is 4.34. The second kappa shape index (κ2) is 9.74. The lowest BCUT2D eigenvalue weighted by Crippen LogP contribution is -2.31. The molecule has 4 rings (SSSR count). The van der Waals surface area contributed by atoms with Crippen LogP contribution in [0.3, 0.4) is 0 Å². The molecule has 0 unspecified atom stereocenters. The Morgan fingerprint density at radius 3 is 2.47 bits per heavy atom. The summed E-state index contributed by atoms with van der Waals surface area (Å²) in [6.45, 7) is -0.206. The molecule has 1 fully saturated rings. The van der Waals surface area contributed by atoms with Crippen LogP contribution in [0.2, 0.25) is 10.0 Å². The maximum atomic E-state index is 11.2. The predicted molar refractivity (Wildman–Crippen MR) is 135 cm³/mol. The van der Waals surface area contributed by atoms with E-state index in [4.69, 9.17) is 40.4 Å². The van der Waals surface area contributed by atoms with Crippen molar-refractivity contribution in [1.29, 1.82) is 0 Å². The number of rotatable bonds is 5. The Labute approximate surface area is 203 Å². The summed E-state index contributed by atoms with van der Waals surface area (Å²) < 4.78 is 0. The van der Waals surface area contributed by atoms with E-state index in [0.717, 1.165) is 11.3 Å². The fourth-order valence-electron chi connectivity index (χ4n) is 4.42. The Balaban J connectivity index is 1.78. The molecule has 0 aliphatic heterocycles. The molecule has 2 aromatic carbocycles. The number of pyridine rings is 1. The molecule has 0 atom stereocenters. The molecule has 1 aliphatic rings. The first-order valence-corrected chi connectivity index (χ1v) is 11.9. The topological polar surface area (TPSA) is 53.4 Å². The van der Waals surface area contributed by atoms with Crippen molar-refractivity contribution in [2.45, 2.75) is 38.0 Å². The number of halogens is 2. The van der Waals surface area contributed by atoms with Crippen molar-refractivity contribution in [2.75, 3.05) is 13.6 Å². The van der Waals surface area contributed by atoms with Gasteiger partial charge in [-0.3, -0.25) is 4.79 Å². The van der Waals surface area contributed by atoms with E-state index in [2.05, 4.69) is 24.3 Å². The minimum atomic E-state index is -0.956. The van der Waals surface area contributed by atoms with Crippen LogP contribution >= 0.6 is 35.4 Å². The molecule has 0 radical (unpaired) electrons. The number of carboxylic acid groups (broad SMARTS) is 1. The Hall–Kier alpha value is -2.21. The molecule has 1 aromatic heterocycles. The normalized spacial score (nSPS) is 14.5. The average molecular weight is 487 g/mol. The summed E-state index contributed by atoms with van der Waals surface area (Å²) >= 11 is 18.4. The summed E-state index contributed by atoms with van der Waals surface area (Å²) in [7, 11) is 1.66. The van der Waals surface area contributed by atoms with Crippen LogP contribution in [0.5, 0.6) is 0 Å². The van der Waals surface area contributed by atoms with Crippen LogP contribution in [0, 0.1) is 0 Å². The zero-order valence-corrected chi connectivity index (χ0v) is 20.1. The number of likely N-dealkylation sites (N-methyl/N-ethyl adjacent to an activating group) is 1. The molecule has 1 saturated carbocycles. The molecule has 1 heterocycles. The summed E-state index contributed by atoms with van der Waals surface area (Å²) in [6, 6.07) is 13.9. The summed E-state index contributed by atoms with van der Waals surface area (Å²) in [5.74, 6) is -0.324. The molecule has 166 valence electrons. The van der Waals surface area contributed by atoms with E-state index in [-0.39, 0.29) is 6.54 Å². The third kappa shape index (κ3) is 4.90. The van der Waals surface area contributed by atoms with Crippen LogP contribution < -0.4 is 0 Å². The Morgan fingerprint density at radius 1 is 1.12 bits per heavy atom. The van der Waals surface area contributed by atoms with Gasteiger partial charge in [-0.25, -0.2) is 4.98 Å². The number of nitrogens with zero attached hydrogens (tertiary/aromatic N) is 2. The van der Waals surface area contributed by atoms with E-state index in [0.29, 0.717) is 37.4 Å². The number of fused-ring (bicyclic) bond motifs is 1. The lowest BCUT2D eigenvalue weighted by Gasteiger charge is -2.22. The van der Waals surface area contributed by atoms with E-state index in [1.165, 1.54) is 42.6 Å². The van der Waals surface area contributed by atoms with Crippen molar-refractivity contribution in [3.05, 3.63) is 63.6 Å². The first-order chi connectivity index (χ1) is 15.3. The molecular formula is C25H24Cl2N2O2S. The predicted octanol–water partition coefficient (Wildman–Crippen LogP) is 6.95. The third-order valence-electron chi connectivity index (χ3n) is 6.06. The van der Waals surface area contributed by atoms with Crippen molar-refractivity contribution in [3.63, 3.8) is 0 Å². The Bertz CT molecular complexity index is 1170. The number of hydrogen-bond donors (Lipinski definition) is 1. The van der Waals surface area contributed by atoms with Crippen LogP contribution in [0.15, 0.2) is 42.5 Å². The SMILES string of the molecule is CN(CC(=O)O)C(=S)c1cc(-c2ccc(C3CCCCC3)cc2)nc2c(Cl)cc(Cl)cc12. The number of hydrogen-bond acceptors (Lipinski definition) is 3. The van der Waals surface area contributed by atoms with Crippen molar-refractivity contribution < 1.29 is 9.90 Å². The fourth-order valence-corrected chi connectivity index (χ4v) is 5.19. The smallest absolute Gasteiger partial charge is 0.323 e. The van der Waals surface area contributed by atoms with Crippen LogP contribution in [0.4, 0.5) is 0 Å². The first-order valence-electron chi connectivity index (χ1n) is 10.7. The van der Waals surface area contributed by atoms with Crippen LogP contribution in [0.1, 0.15) is 49.1 Å². The van der Waals surface area contributed by atoms with Gasteiger partial charge < -0.3 is 10.0 Å². The average Bonchev–Trinajstić information content (AvgIpc) is 2.78. The fraction of sp³-hybridized carbons (Fsp3) is 0.320. The maximum Gasteiger partial charge on any atom is 0.323 e. The van der Waals surface area contributed by atoms with Gasteiger partial charge >= 0.3 is 5.97 Å².